The van der Waals surface area contributed by atoms with E-state index in [4.69, 9.17) is 16.3 Å². The maximum Gasteiger partial charge on any atom is 0.224 e. The third-order valence-corrected chi connectivity index (χ3v) is 2.96. The lowest BCUT2D eigenvalue weighted by atomic mass is 10.0. The molecule has 0 aromatic heterocycles. The Bertz CT molecular complexity index is 181. The fourth-order valence-electron chi connectivity index (χ4n) is 1.46. The summed E-state index contributed by atoms with van der Waals surface area (Å²) in [6, 6.07) is 0. The van der Waals surface area contributed by atoms with Gasteiger partial charge in [-0.1, -0.05) is 6.92 Å². The largest absolute Gasteiger partial charge is 0.381 e. The van der Waals surface area contributed by atoms with Gasteiger partial charge in [0.25, 0.3) is 0 Å². The standard InChI is InChI=1S/C10H18ClNO2/c1-8(5-11)10(13)12-6-9-3-2-4-14-7-9/h8-9H,2-7H2,1H3,(H,12,13). The topological polar surface area (TPSA) is 38.3 Å². The molecule has 14 heavy (non-hydrogen) atoms. The van der Waals surface area contributed by atoms with E-state index in [0.29, 0.717) is 11.8 Å². The minimum Gasteiger partial charge on any atom is -0.381 e. The van der Waals surface area contributed by atoms with Gasteiger partial charge in [-0.05, 0) is 18.8 Å². The van der Waals surface area contributed by atoms with Crippen LogP contribution in [0.1, 0.15) is 19.8 Å². The summed E-state index contributed by atoms with van der Waals surface area (Å²) in [4.78, 5) is 11.4. The Morgan fingerprint density at radius 3 is 3.07 bits per heavy atom. The van der Waals surface area contributed by atoms with E-state index in [1.54, 1.807) is 0 Å². The van der Waals surface area contributed by atoms with Crippen LogP contribution in [-0.2, 0) is 9.53 Å². The van der Waals surface area contributed by atoms with Crippen molar-refractivity contribution in [3.63, 3.8) is 0 Å². The molecule has 2 unspecified atom stereocenters. The first-order chi connectivity index (χ1) is 6.74. The van der Waals surface area contributed by atoms with Crippen LogP contribution < -0.4 is 5.32 Å². The van der Waals surface area contributed by atoms with Crippen LogP contribution in [0.15, 0.2) is 0 Å². The lowest BCUT2D eigenvalue weighted by molar-refractivity contribution is -0.124. The zero-order valence-corrected chi connectivity index (χ0v) is 9.35. The highest BCUT2D eigenvalue weighted by molar-refractivity contribution is 6.19. The number of hydrogen-bond acceptors (Lipinski definition) is 2. The van der Waals surface area contributed by atoms with Crippen molar-refractivity contribution < 1.29 is 9.53 Å². The fourth-order valence-corrected chi connectivity index (χ4v) is 1.60. The minimum absolute atomic E-state index is 0.0468. The van der Waals surface area contributed by atoms with E-state index < -0.39 is 0 Å². The van der Waals surface area contributed by atoms with Crippen LogP contribution in [0.2, 0.25) is 0 Å². The number of hydrogen-bond donors (Lipinski definition) is 1. The molecule has 0 bridgehead atoms. The van der Waals surface area contributed by atoms with Crippen LogP contribution in [0.5, 0.6) is 0 Å². The predicted molar refractivity (Wildman–Crippen MR) is 56.4 cm³/mol. The van der Waals surface area contributed by atoms with Crippen molar-refractivity contribution in [3.8, 4) is 0 Å². The molecule has 0 aliphatic carbocycles. The second-order valence-electron chi connectivity index (χ2n) is 3.88. The number of carbonyl (C=O) groups is 1. The first-order valence-corrected chi connectivity index (χ1v) is 5.69. The summed E-state index contributed by atoms with van der Waals surface area (Å²) in [6.45, 7) is 4.19. The SMILES string of the molecule is CC(CCl)C(=O)NCC1CCCOC1. The van der Waals surface area contributed by atoms with Crippen molar-refractivity contribution >= 4 is 17.5 Å². The van der Waals surface area contributed by atoms with E-state index >= 15 is 0 Å². The van der Waals surface area contributed by atoms with E-state index in [1.807, 2.05) is 6.92 Å². The van der Waals surface area contributed by atoms with Gasteiger partial charge in [0.05, 0.1) is 6.61 Å². The highest BCUT2D eigenvalue weighted by Crippen LogP contribution is 2.12. The summed E-state index contributed by atoms with van der Waals surface area (Å²) < 4.78 is 5.32. The molecule has 2 atom stereocenters. The lowest BCUT2D eigenvalue weighted by Crippen LogP contribution is -2.36. The first-order valence-electron chi connectivity index (χ1n) is 5.15. The maximum absolute atomic E-state index is 11.4. The average molecular weight is 220 g/mol. The van der Waals surface area contributed by atoms with Crippen molar-refractivity contribution in [1.29, 1.82) is 0 Å². The van der Waals surface area contributed by atoms with Gasteiger partial charge in [0.2, 0.25) is 5.91 Å². The van der Waals surface area contributed by atoms with Crippen LogP contribution >= 0.6 is 11.6 Å². The molecule has 1 heterocycles. The molecule has 4 heteroatoms. The third kappa shape index (κ3) is 3.84. The Balaban J connectivity index is 2.15. The molecule has 0 aromatic rings. The molecule has 0 spiro atoms. The number of amides is 1. The van der Waals surface area contributed by atoms with Crippen molar-refractivity contribution in [2.75, 3.05) is 25.6 Å². The van der Waals surface area contributed by atoms with Crippen LogP contribution in [0.3, 0.4) is 0 Å². The molecule has 82 valence electrons. The zero-order valence-electron chi connectivity index (χ0n) is 8.59. The smallest absolute Gasteiger partial charge is 0.224 e. The quantitative estimate of drug-likeness (QED) is 0.726. The van der Waals surface area contributed by atoms with Gasteiger partial charge in [0.1, 0.15) is 0 Å². The Morgan fingerprint density at radius 1 is 1.71 bits per heavy atom. The normalized spacial score (nSPS) is 24.3. The van der Waals surface area contributed by atoms with Crippen molar-refractivity contribution in [2.45, 2.75) is 19.8 Å². The molecule has 1 aliphatic heterocycles. The monoisotopic (exact) mass is 219 g/mol. The first kappa shape index (κ1) is 11.8. The van der Waals surface area contributed by atoms with Gasteiger partial charge in [0.15, 0.2) is 0 Å². The summed E-state index contributed by atoms with van der Waals surface area (Å²) in [7, 11) is 0. The molecule has 0 saturated carbocycles. The van der Waals surface area contributed by atoms with Gasteiger partial charge >= 0.3 is 0 Å². The zero-order chi connectivity index (χ0) is 10.4. The molecule has 3 nitrogen and oxygen atoms in total. The number of alkyl halides is 1. The molecular weight excluding hydrogens is 202 g/mol. The molecule has 1 aliphatic rings. The Morgan fingerprint density at radius 2 is 2.50 bits per heavy atom. The summed E-state index contributed by atoms with van der Waals surface area (Å²) in [5.41, 5.74) is 0. The van der Waals surface area contributed by atoms with Gasteiger partial charge in [-0.2, -0.15) is 0 Å². The van der Waals surface area contributed by atoms with Gasteiger partial charge in [-0.3, -0.25) is 4.79 Å². The summed E-state index contributed by atoms with van der Waals surface area (Å²) in [6.07, 6.45) is 2.25. The van der Waals surface area contributed by atoms with Crippen molar-refractivity contribution in [2.24, 2.45) is 11.8 Å². The lowest BCUT2D eigenvalue weighted by Gasteiger charge is -2.22. The third-order valence-electron chi connectivity index (χ3n) is 2.50. The van der Waals surface area contributed by atoms with Crippen LogP contribution in [0, 0.1) is 11.8 Å². The highest BCUT2D eigenvalue weighted by atomic mass is 35.5. The number of rotatable bonds is 4. The van der Waals surface area contributed by atoms with Gasteiger partial charge in [-0.25, -0.2) is 0 Å². The van der Waals surface area contributed by atoms with E-state index in [1.165, 1.54) is 0 Å². The minimum atomic E-state index is -0.0961. The molecule has 1 rings (SSSR count). The Hall–Kier alpha value is -0.280. The fraction of sp³-hybridized carbons (Fsp3) is 0.900. The van der Waals surface area contributed by atoms with Crippen LogP contribution in [0.25, 0.3) is 0 Å². The molecule has 1 fully saturated rings. The molecule has 1 N–H and O–H groups in total. The highest BCUT2D eigenvalue weighted by Gasteiger charge is 2.16. The molecule has 0 radical (unpaired) electrons. The van der Waals surface area contributed by atoms with Crippen LogP contribution in [-0.4, -0.2) is 31.5 Å². The molecular formula is C10H18ClNO2. The van der Waals surface area contributed by atoms with Gasteiger partial charge in [-0.15, -0.1) is 11.6 Å². The Labute approximate surface area is 90.1 Å². The molecule has 0 aromatic carbocycles. The summed E-state index contributed by atoms with van der Waals surface area (Å²) in [5, 5.41) is 2.90. The van der Waals surface area contributed by atoms with Crippen molar-refractivity contribution in [3.05, 3.63) is 0 Å². The number of nitrogens with one attached hydrogen (secondary N) is 1. The van der Waals surface area contributed by atoms with Crippen molar-refractivity contribution in [1.82, 2.24) is 5.32 Å². The Kier molecular flexibility index (Phi) is 5.26. The second-order valence-corrected chi connectivity index (χ2v) is 4.19. The average Bonchev–Trinajstić information content (AvgIpc) is 2.26. The number of ether oxygens (including phenoxy) is 1. The predicted octanol–water partition coefficient (Wildman–Crippen LogP) is 1.40. The molecule has 1 saturated heterocycles. The maximum atomic E-state index is 11.4. The molecule has 1 amide bonds. The number of carbonyl (C=O) groups excluding carboxylic acids is 1. The second kappa shape index (κ2) is 6.25. The van der Waals surface area contributed by atoms with Gasteiger partial charge < -0.3 is 10.1 Å². The van der Waals surface area contributed by atoms with Gasteiger partial charge in [0, 0.05) is 24.9 Å². The van der Waals surface area contributed by atoms with E-state index in [0.717, 1.165) is 32.6 Å². The van der Waals surface area contributed by atoms with Crippen LogP contribution in [0.4, 0.5) is 0 Å². The summed E-state index contributed by atoms with van der Waals surface area (Å²) >= 11 is 5.58. The van der Waals surface area contributed by atoms with E-state index in [9.17, 15) is 4.79 Å². The summed E-state index contributed by atoms with van der Waals surface area (Å²) in [5.74, 6) is 0.814. The number of halogens is 1. The van der Waals surface area contributed by atoms with E-state index in [-0.39, 0.29) is 11.8 Å². The van der Waals surface area contributed by atoms with E-state index in [2.05, 4.69) is 5.32 Å².